The largest absolute Gasteiger partial charge is 0.341 e. The maximum atomic E-state index is 5.87. The first-order chi connectivity index (χ1) is 10.2. The molecule has 0 saturated carbocycles. The van der Waals surface area contributed by atoms with Gasteiger partial charge in [-0.25, -0.2) is 0 Å². The third-order valence-electron chi connectivity index (χ3n) is 4.13. The zero-order valence-electron chi connectivity index (χ0n) is 12.7. The Bertz CT molecular complexity index is 738. The van der Waals surface area contributed by atoms with Crippen LogP contribution in [0.4, 0.5) is 0 Å². The first-order valence-electron chi connectivity index (χ1n) is 7.53. The van der Waals surface area contributed by atoms with Crippen LogP contribution in [0.1, 0.15) is 37.6 Å². The van der Waals surface area contributed by atoms with Crippen molar-refractivity contribution < 1.29 is 0 Å². The van der Waals surface area contributed by atoms with Crippen molar-refractivity contribution >= 4 is 10.9 Å². The fourth-order valence-corrected chi connectivity index (χ4v) is 2.71. The number of para-hydroxylation sites is 1. The normalized spacial score (nSPS) is 12.9. The Morgan fingerprint density at radius 3 is 2.81 bits per heavy atom. The average molecular weight is 282 g/mol. The molecule has 0 radical (unpaired) electrons. The molecule has 1 atom stereocenters. The smallest absolute Gasteiger partial charge is 0.0821 e. The number of aromatic nitrogens is 3. The average Bonchev–Trinajstić information content (AvgIpc) is 3.14. The summed E-state index contributed by atoms with van der Waals surface area (Å²) < 4.78 is 4.28. The van der Waals surface area contributed by atoms with Crippen molar-refractivity contribution in [1.29, 1.82) is 0 Å². The minimum Gasteiger partial charge on any atom is -0.341 e. The van der Waals surface area contributed by atoms with Gasteiger partial charge in [0.1, 0.15) is 0 Å². The van der Waals surface area contributed by atoms with Gasteiger partial charge in [0, 0.05) is 25.0 Å². The zero-order chi connectivity index (χ0) is 14.8. The summed E-state index contributed by atoms with van der Waals surface area (Å²) in [5.74, 6) is 0. The van der Waals surface area contributed by atoms with Gasteiger partial charge in [-0.2, -0.15) is 5.10 Å². The van der Waals surface area contributed by atoms with E-state index in [1.54, 1.807) is 0 Å². The predicted octanol–water partition coefficient (Wildman–Crippen LogP) is 3.32. The molecule has 0 aliphatic rings. The molecule has 0 amide bonds. The lowest BCUT2D eigenvalue weighted by molar-refractivity contribution is 0.472. The highest BCUT2D eigenvalue weighted by Gasteiger charge is 2.09. The lowest BCUT2D eigenvalue weighted by Gasteiger charge is -2.09. The second-order valence-corrected chi connectivity index (χ2v) is 5.55. The summed E-state index contributed by atoms with van der Waals surface area (Å²) in [5.41, 5.74) is 9.35. The number of benzene rings is 1. The van der Waals surface area contributed by atoms with E-state index in [9.17, 15) is 0 Å². The molecule has 4 heteroatoms. The highest BCUT2D eigenvalue weighted by atomic mass is 15.3. The molecule has 21 heavy (non-hydrogen) atoms. The van der Waals surface area contributed by atoms with Gasteiger partial charge in [-0.3, -0.25) is 4.68 Å². The van der Waals surface area contributed by atoms with E-state index in [0.717, 1.165) is 18.7 Å². The molecular formula is C17H22N4. The number of fused-ring (bicyclic) bond motifs is 1. The highest BCUT2D eigenvalue weighted by Crippen LogP contribution is 2.21. The van der Waals surface area contributed by atoms with Crippen molar-refractivity contribution in [2.45, 2.75) is 39.4 Å². The van der Waals surface area contributed by atoms with Crippen LogP contribution in [0.5, 0.6) is 0 Å². The Labute approximate surface area is 125 Å². The Balaban J connectivity index is 1.93. The monoisotopic (exact) mass is 282 g/mol. The number of nitrogens with two attached hydrogens (primary N) is 1. The molecule has 0 spiro atoms. The summed E-state index contributed by atoms with van der Waals surface area (Å²) in [6.45, 7) is 5.71. The van der Waals surface area contributed by atoms with E-state index in [1.807, 2.05) is 4.68 Å². The van der Waals surface area contributed by atoms with Gasteiger partial charge in [-0.05, 0) is 36.4 Å². The van der Waals surface area contributed by atoms with E-state index in [0.29, 0.717) is 12.6 Å². The van der Waals surface area contributed by atoms with Crippen molar-refractivity contribution in [2.75, 3.05) is 0 Å². The fourth-order valence-electron chi connectivity index (χ4n) is 2.71. The molecule has 3 aromatic rings. The van der Waals surface area contributed by atoms with Gasteiger partial charge in [-0.15, -0.1) is 0 Å². The third kappa shape index (κ3) is 2.59. The van der Waals surface area contributed by atoms with Crippen LogP contribution >= 0.6 is 0 Å². The van der Waals surface area contributed by atoms with E-state index in [4.69, 9.17) is 5.73 Å². The van der Waals surface area contributed by atoms with E-state index in [-0.39, 0.29) is 0 Å². The Hall–Kier alpha value is -2.07. The molecule has 2 heterocycles. The number of hydrogen-bond acceptors (Lipinski definition) is 2. The number of hydrogen-bond donors (Lipinski definition) is 1. The Kier molecular flexibility index (Phi) is 3.80. The van der Waals surface area contributed by atoms with E-state index in [1.165, 1.54) is 16.5 Å². The van der Waals surface area contributed by atoms with Crippen molar-refractivity contribution in [3.05, 3.63) is 54.0 Å². The molecule has 0 saturated heterocycles. The first-order valence-corrected chi connectivity index (χ1v) is 7.53. The molecule has 0 fully saturated rings. The fraction of sp³-hybridized carbons (Fsp3) is 0.353. The molecule has 1 aromatic carbocycles. The van der Waals surface area contributed by atoms with Crippen LogP contribution in [0.3, 0.4) is 0 Å². The van der Waals surface area contributed by atoms with Crippen molar-refractivity contribution in [2.24, 2.45) is 5.73 Å². The van der Waals surface area contributed by atoms with Crippen LogP contribution in [-0.2, 0) is 13.1 Å². The van der Waals surface area contributed by atoms with Gasteiger partial charge < -0.3 is 10.3 Å². The Morgan fingerprint density at radius 2 is 2.05 bits per heavy atom. The van der Waals surface area contributed by atoms with Gasteiger partial charge >= 0.3 is 0 Å². The molecule has 110 valence electrons. The van der Waals surface area contributed by atoms with Crippen LogP contribution in [0.15, 0.2) is 42.7 Å². The van der Waals surface area contributed by atoms with Crippen molar-refractivity contribution in [3.8, 4) is 0 Å². The summed E-state index contributed by atoms with van der Waals surface area (Å²) in [6.07, 6.45) is 5.27. The molecule has 2 N–H and O–H groups in total. The molecule has 2 aromatic heterocycles. The highest BCUT2D eigenvalue weighted by molar-refractivity contribution is 5.83. The van der Waals surface area contributed by atoms with Crippen LogP contribution in [0.2, 0.25) is 0 Å². The maximum absolute atomic E-state index is 5.87. The number of rotatable bonds is 5. The molecule has 0 aliphatic heterocycles. The van der Waals surface area contributed by atoms with E-state index >= 15 is 0 Å². The topological polar surface area (TPSA) is 48.8 Å². The van der Waals surface area contributed by atoms with Gasteiger partial charge in [0.25, 0.3) is 0 Å². The minimum atomic E-state index is 0.444. The number of nitrogens with zero attached hydrogens (tertiary/aromatic N) is 3. The second-order valence-electron chi connectivity index (χ2n) is 5.55. The second kappa shape index (κ2) is 5.74. The summed E-state index contributed by atoms with van der Waals surface area (Å²) in [4.78, 5) is 0. The third-order valence-corrected chi connectivity index (χ3v) is 4.13. The summed E-state index contributed by atoms with van der Waals surface area (Å²) >= 11 is 0. The van der Waals surface area contributed by atoms with Crippen LogP contribution < -0.4 is 5.73 Å². The van der Waals surface area contributed by atoms with Crippen molar-refractivity contribution in [3.63, 3.8) is 0 Å². The molecule has 0 aliphatic carbocycles. The van der Waals surface area contributed by atoms with Gasteiger partial charge in [0.2, 0.25) is 0 Å². The molecule has 4 nitrogen and oxygen atoms in total. The lowest BCUT2D eigenvalue weighted by Crippen LogP contribution is -2.07. The Morgan fingerprint density at radius 1 is 1.19 bits per heavy atom. The zero-order valence-corrected chi connectivity index (χ0v) is 12.7. The molecule has 3 rings (SSSR count). The summed E-state index contributed by atoms with van der Waals surface area (Å²) in [7, 11) is 0. The van der Waals surface area contributed by atoms with E-state index < -0.39 is 0 Å². The molecule has 1 unspecified atom stereocenters. The lowest BCUT2D eigenvalue weighted by atomic mass is 10.1. The molecule has 0 bridgehead atoms. The quantitative estimate of drug-likeness (QED) is 0.780. The summed E-state index contributed by atoms with van der Waals surface area (Å²) in [6, 6.07) is 11.0. The van der Waals surface area contributed by atoms with Gasteiger partial charge in [0.15, 0.2) is 0 Å². The standard InChI is InChI=1S/C17H22N4/c1-3-13(2)21-10-8-16(19-21)12-20-9-7-14-5-4-6-15(11-18)17(14)20/h4-10,13H,3,11-12,18H2,1-2H3. The summed E-state index contributed by atoms with van der Waals surface area (Å²) in [5, 5.41) is 5.92. The van der Waals surface area contributed by atoms with Crippen LogP contribution in [-0.4, -0.2) is 14.3 Å². The first kappa shape index (κ1) is 13.9. The van der Waals surface area contributed by atoms with Crippen molar-refractivity contribution in [1.82, 2.24) is 14.3 Å². The SMILES string of the molecule is CCC(C)n1ccc(Cn2ccc3cccc(CN)c32)n1. The predicted molar refractivity (Wildman–Crippen MR) is 86.2 cm³/mol. The van der Waals surface area contributed by atoms with Gasteiger partial charge in [-0.1, -0.05) is 25.1 Å². The van der Waals surface area contributed by atoms with E-state index in [2.05, 4.69) is 66.2 Å². The van der Waals surface area contributed by atoms with Crippen LogP contribution in [0, 0.1) is 0 Å². The van der Waals surface area contributed by atoms with Gasteiger partial charge in [0.05, 0.1) is 17.8 Å². The molecular weight excluding hydrogens is 260 g/mol. The minimum absolute atomic E-state index is 0.444. The maximum Gasteiger partial charge on any atom is 0.0821 e. The van der Waals surface area contributed by atoms with Crippen LogP contribution in [0.25, 0.3) is 10.9 Å².